The van der Waals surface area contributed by atoms with Crippen LogP contribution in [-0.2, 0) is 17.1 Å². The van der Waals surface area contributed by atoms with Crippen LogP contribution in [0.25, 0.3) is 5.69 Å². The molecule has 0 saturated carbocycles. The molecule has 9 heteroatoms. The minimum atomic E-state index is -4.06. The molecule has 0 spiro atoms. The molecule has 0 aliphatic rings. The molecule has 0 aliphatic heterocycles. The molecular formula is C24H26N4O4S. The number of hydrogen-bond acceptors (Lipinski definition) is 4. The summed E-state index contributed by atoms with van der Waals surface area (Å²) in [4.78, 5) is 27.1. The molecule has 8 nitrogen and oxygen atoms in total. The highest BCUT2D eigenvalue weighted by molar-refractivity contribution is 7.92. The standard InChI is InChI=1S/C24H26N4O4S/c1-5-16-27(17-6-2)23(29)19-12-14-21(15-13-19)33(31,32)25-22-18(3)26(4)28(24(22)30)20-10-8-7-9-11-20/h5-15,25H,1-2,16-17H2,3-4H3. The van der Waals surface area contributed by atoms with Gasteiger partial charge in [0.05, 0.1) is 16.3 Å². The third-order valence-electron chi connectivity index (χ3n) is 5.19. The van der Waals surface area contributed by atoms with Crippen LogP contribution in [0.1, 0.15) is 16.1 Å². The zero-order valence-corrected chi connectivity index (χ0v) is 19.4. The van der Waals surface area contributed by atoms with Crippen LogP contribution in [0, 0.1) is 6.92 Å². The summed E-state index contributed by atoms with van der Waals surface area (Å²) < 4.78 is 31.4. The van der Waals surface area contributed by atoms with Gasteiger partial charge >= 0.3 is 0 Å². The van der Waals surface area contributed by atoms with Crippen molar-refractivity contribution >= 4 is 21.6 Å². The number of hydrogen-bond donors (Lipinski definition) is 1. The molecule has 3 aromatic rings. The van der Waals surface area contributed by atoms with Gasteiger partial charge in [0.25, 0.3) is 21.5 Å². The van der Waals surface area contributed by atoms with Crippen LogP contribution in [0.2, 0.25) is 0 Å². The van der Waals surface area contributed by atoms with Gasteiger partial charge in [0.2, 0.25) is 0 Å². The quantitative estimate of drug-likeness (QED) is 0.491. The Morgan fingerprint density at radius 1 is 1.03 bits per heavy atom. The van der Waals surface area contributed by atoms with Gasteiger partial charge < -0.3 is 4.90 Å². The van der Waals surface area contributed by atoms with E-state index in [0.29, 0.717) is 30.0 Å². The number of carbonyl (C=O) groups is 1. The lowest BCUT2D eigenvalue weighted by molar-refractivity contribution is 0.0790. The topological polar surface area (TPSA) is 93.4 Å². The average Bonchev–Trinajstić information content (AvgIpc) is 3.02. The van der Waals surface area contributed by atoms with Crippen molar-refractivity contribution < 1.29 is 13.2 Å². The SMILES string of the molecule is C=CCN(CC=C)C(=O)c1ccc(S(=O)(=O)Nc2c(C)n(C)n(-c3ccccc3)c2=O)cc1. The molecule has 0 unspecified atom stereocenters. The maximum Gasteiger partial charge on any atom is 0.296 e. The Morgan fingerprint density at radius 3 is 2.15 bits per heavy atom. The number of aromatic nitrogens is 2. The molecule has 1 N–H and O–H groups in total. The number of anilines is 1. The van der Waals surface area contributed by atoms with Crippen molar-refractivity contribution in [2.24, 2.45) is 7.05 Å². The molecule has 0 radical (unpaired) electrons. The van der Waals surface area contributed by atoms with Crippen LogP contribution in [0.15, 0.2) is 89.6 Å². The molecule has 1 aromatic heterocycles. The minimum Gasteiger partial charge on any atom is -0.331 e. The van der Waals surface area contributed by atoms with Crippen LogP contribution in [0.3, 0.4) is 0 Å². The van der Waals surface area contributed by atoms with E-state index in [-0.39, 0.29) is 16.5 Å². The first kappa shape index (κ1) is 23.8. The Kier molecular flexibility index (Phi) is 7.03. The van der Waals surface area contributed by atoms with Crippen molar-refractivity contribution in [1.82, 2.24) is 14.3 Å². The van der Waals surface area contributed by atoms with Gasteiger partial charge in [0.1, 0.15) is 5.69 Å². The predicted molar refractivity (Wildman–Crippen MR) is 129 cm³/mol. The summed E-state index contributed by atoms with van der Waals surface area (Å²) in [7, 11) is -2.38. The molecule has 172 valence electrons. The third-order valence-corrected chi connectivity index (χ3v) is 6.55. The summed E-state index contributed by atoms with van der Waals surface area (Å²) >= 11 is 0. The smallest absolute Gasteiger partial charge is 0.296 e. The normalized spacial score (nSPS) is 11.1. The highest BCUT2D eigenvalue weighted by atomic mass is 32.2. The van der Waals surface area contributed by atoms with E-state index < -0.39 is 15.6 Å². The molecule has 0 atom stereocenters. The highest BCUT2D eigenvalue weighted by Gasteiger charge is 2.23. The van der Waals surface area contributed by atoms with Crippen molar-refractivity contribution in [3.8, 4) is 5.69 Å². The van der Waals surface area contributed by atoms with Crippen LogP contribution < -0.4 is 10.3 Å². The summed E-state index contributed by atoms with van der Waals surface area (Å²) in [6, 6.07) is 14.5. The first-order chi connectivity index (χ1) is 15.7. The van der Waals surface area contributed by atoms with Gasteiger partial charge in [-0.25, -0.2) is 13.1 Å². The van der Waals surface area contributed by atoms with E-state index in [1.807, 2.05) is 6.07 Å². The Bertz CT molecular complexity index is 1330. The van der Waals surface area contributed by atoms with Gasteiger partial charge in [-0.3, -0.25) is 19.0 Å². The molecule has 1 heterocycles. The van der Waals surface area contributed by atoms with E-state index in [1.165, 1.54) is 33.8 Å². The molecular weight excluding hydrogens is 440 g/mol. The molecule has 2 aromatic carbocycles. The number of nitrogens with zero attached hydrogens (tertiary/aromatic N) is 3. The van der Waals surface area contributed by atoms with Crippen LogP contribution in [0.4, 0.5) is 5.69 Å². The number of rotatable bonds is 9. The second kappa shape index (κ2) is 9.74. The fourth-order valence-corrected chi connectivity index (χ4v) is 4.51. The summed E-state index contributed by atoms with van der Waals surface area (Å²) in [5.74, 6) is -0.267. The summed E-state index contributed by atoms with van der Waals surface area (Å²) in [6.07, 6.45) is 3.21. The van der Waals surface area contributed by atoms with Crippen molar-refractivity contribution in [3.63, 3.8) is 0 Å². The fraction of sp³-hybridized carbons (Fsp3) is 0.167. The lowest BCUT2D eigenvalue weighted by Crippen LogP contribution is -2.31. The van der Waals surface area contributed by atoms with Crippen molar-refractivity contribution in [2.45, 2.75) is 11.8 Å². The number of carbonyl (C=O) groups excluding carboxylic acids is 1. The lowest BCUT2D eigenvalue weighted by atomic mass is 10.2. The Hall–Kier alpha value is -3.85. The van der Waals surface area contributed by atoms with E-state index in [4.69, 9.17) is 0 Å². The zero-order chi connectivity index (χ0) is 24.2. The van der Waals surface area contributed by atoms with E-state index in [1.54, 1.807) is 55.1 Å². The van der Waals surface area contributed by atoms with Gasteiger partial charge in [-0.2, -0.15) is 0 Å². The van der Waals surface area contributed by atoms with Crippen molar-refractivity contribution in [2.75, 3.05) is 17.8 Å². The van der Waals surface area contributed by atoms with E-state index >= 15 is 0 Å². The van der Waals surface area contributed by atoms with Crippen LogP contribution >= 0.6 is 0 Å². The monoisotopic (exact) mass is 466 g/mol. The number of sulfonamides is 1. The number of amides is 1. The molecule has 1 amide bonds. The van der Waals surface area contributed by atoms with Gasteiger partial charge in [-0.15, -0.1) is 13.2 Å². The molecule has 3 rings (SSSR count). The zero-order valence-electron chi connectivity index (χ0n) is 18.6. The maximum absolute atomic E-state index is 13.0. The molecule has 0 bridgehead atoms. The van der Waals surface area contributed by atoms with E-state index in [0.717, 1.165) is 0 Å². The van der Waals surface area contributed by atoms with Crippen LogP contribution in [0.5, 0.6) is 0 Å². The van der Waals surface area contributed by atoms with E-state index in [9.17, 15) is 18.0 Å². The number of para-hydroxylation sites is 1. The van der Waals surface area contributed by atoms with Crippen molar-refractivity contribution in [3.05, 3.63) is 102 Å². The number of nitrogens with one attached hydrogen (secondary N) is 1. The molecule has 0 aliphatic carbocycles. The third kappa shape index (κ3) is 4.83. The van der Waals surface area contributed by atoms with Gasteiger partial charge in [0, 0.05) is 25.7 Å². The minimum absolute atomic E-state index is 0.0374. The second-order valence-corrected chi connectivity index (χ2v) is 9.04. The maximum atomic E-state index is 13.0. The van der Waals surface area contributed by atoms with Gasteiger partial charge in [-0.1, -0.05) is 30.4 Å². The largest absolute Gasteiger partial charge is 0.331 e. The van der Waals surface area contributed by atoms with E-state index in [2.05, 4.69) is 17.9 Å². The molecule has 0 saturated heterocycles. The Labute approximate surface area is 193 Å². The fourth-order valence-electron chi connectivity index (χ4n) is 3.39. The summed E-state index contributed by atoms with van der Waals surface area (Å²) in [5, 5.41) is 0. The lowest BCUT2D eigenvalue weighted by Gasteiger charge is -2.19. The Morgan fingerprint density at radius 2 is 1.61 bits per heavy atom. The summed E-state index contributed by atoms with van der Waals surface area (Å²) in [5.41, 5.74) is 0.888. The average molecular weight is 467 g/mol. The second-order valence-electron chi connectivity index (χ2n) is 7.35. The first-order valence-corrected chi connectivity index (χ1v) is 11.7. The first-order valence-electron chi connectivity index (χ1n) is 10.2. The molecule has 0 fully saturated rings. The summed E-state index contributed by atoms with van der Waals surface area (Å²) in [6.45, 7) is 9.63. The number of benzene rings is 2. The van der Waals surface area contributed by atoms with Crippen LogP contribution in [-0.4, -0.2) is 41.7 Å². The van der Waals surface area contributed by atoms with Gasteiger partial charge in [0.15, 0.2) is 0 Å². The van der Waals surface area contributed by atoms with Crippen molar-refractivity contribution in [1.29, 1.82) is 0 Å². The highest BCUT2D eigenvalue weighted by Crippen LogP contribution is 2.19. The molecule has 33 heavy (non-hydrogen) atoms. The predicted octanol–water partition coefficient (Wildman–Crippen LogP) is 3.10. The van der Waals surface area contributed by atoms with Gasteiger partial charge in [-0.05, 0) is 43.3 Å². The Balaban J connectivity index is 1.90.